The summed E-state index contributed by atoms with van der Waals surface area (Å²) in [5.74, 6) is -2.35. The molecule has 44 heavy (non-hydrogen) atoms. The molecule has 0 aliphatic carbocycles. The molecule has 0 unspecified atom stereocenters. The lowest BCUT2D eigenvalue weighted by Crippen LogP contribution is -2.21. The van der Waals surface area contributed by atoms with Gasteiger partial charge in [-0.15, -0.1) is 0 Å². The van der Waals surface area contributed by atoms with Crippen LogP contribution >= 0.6 is 11.6 Å². The second-order valence-corrected chi connectivity index (χ2v) is 10.8. The van der Waals surface area contributed by atoms with E-state index in [4.69, 9.17) is 31.0 Å². The van der Waals surface area contributed by atoms with E-state index in [1.165, 1.54) is 57.0 Å². The number of anilines is 1. The van der Waals surface area contributed by atoms with Gasteiger partial charge in [0.2, 0.25) is 5.88 Å². The first-order chi connectivity index (χ1) is 20.7. The molecule has 5 rings (SSSR count). The number of hydrogen-bond acceptors (Lipinski definition) is 8. The summed E-state index contributed by atoms with van der Waals surface area (Å²) in [6, 6.07) is 15.5. The number of benzene rings is 3. The normalized spacial score (nSPS) is 11.4. The summed E-state index contributed by atoms with van der Waals surface area (Å²) < 4.78 is 89.6. The Bertz CT molecular complexity index is 1940. The molecule has 2 N–H and O–H groups in total. The maximum atomic E-state index is 13.9. The fourth-order valence-corrected chi connectivity index (χ4v) is 5.32. The van der Waals surface area contributed by atoms with Gasteiger partial charge in [0.1, 0.15) is 17.8 Å². The van der Waals surface area contributed by atoms with Gasteiger partial charge in [-0.05, 0) is 47.3 Å². The van der Waals surface area contributed by atoms with Crippen molar-refractivity contribution in [3.05, 3.63) is 84.0 Å². The van der Waals surface area contributed by atoms with Gasteiger partial charge in [-0.3, -0.25) is 4.72 Å². The summed E-state index contributed by atoms with van der Waals surface area (Å²) in [6.07, 6.45) is -2.30. The van der Waals surface area contributed by atoms with Gasteiger partial charge < -0.3 is 19.1 Å². The molecule has 5 aromatic rings. The first kappa shape index (κ1) is 32.0. The van der Waals surface area contributed by atoms with E-state index < -0.39 is 22.2 Å². The number of nitrogens with zero attached hydrogens (tertiary/aromatic N) is 2. The molecular weight excluding hydrogens is 634 g/mol. The molecule has 0 fully saturated rings. The Labute approximate surface area is 251 Å². The van der Waals surface area contributed by atoms with E-state index in [0.29, 0.717) is 43.8 Å². The first-order valence-corrected chi connectivity index (χ1v) is 13.9. The van der Waals surface area contributed by atoms with Crippen LogP contribution in [0.5, 0.6) is 11.6 Å². The number of sulfonamides is 1. The molecular formula is C28H20ClF4N3O7S. The predicted molar refractivity (Wildman–Crippen MR) is 152 cm³/mol. The van der Waals surface area contributed by atoms with Crippen LogP contribution in [0, 0.1) is 5.82 Å². The van der Waals surface area contributed by atoms with Crippen molar-refractivity contribution in [2.75, 3.05) is 18.9 Å². The predicted octanol–water partition coefficient (Wildman–Crippen LogP) is 6.80. The number of aromatic nitrogens is 2. The van der Waals surface area contributed by atoms with Gasteiger partial charge in [0.25, 0.3) is 10.0 Å². The van der Waals surface area contributed by atoms with E-state index in [1.54, 1.807) is 30.3 Å². The lowest BCUT2D eigenvalue weighted by molar-refractivity contribution is -0.192. The van der Waals surface area contributed by atoms with E-state index in [9.17, 15) is 26.0 Å². The number of nitrogens with one attached hydrogen (secondary N) is 1. The molecule has 0 atom stereocenters. The van der Waals surface area contributed by atoms with Crippen LogP contribution in [-0.2, 0) is 14.8 Å². The van der Waals surface area contributed by atoms with Crippen LogP contribution in [0.3, 0.4) is 0 Å². The zero-order valence-electron chi connectivity index (χ0n) is 22.5. The quantitative estimate of drug-likeness (QED) is 0.181. The number of carboxylic acids is 1. The number of ether oxygens (including phenoxy) is 2. The highest BCUT2D eigenvalue weighted by Gasteiger charge is 2.38. The summed E-state index contributed by atoms with van der Waals surface area (Å²) in [5.41, 5.74) is 2.30. The number of hydrogen-bond donors (Lipinski definition) is 2. The maximum Gasteiger partial charge on any atom is 0.490 e. The maximum absolute atomic E-state index is 13.9. The number of methoxy groups -OCH3 is 2. The van der Waals surface area contributed by atoms with Gasteiger partial charge in [0, 0.05) is 33.8 Å². The highest BCUT2D eigenvalue weighted by Crippen LogP contribution is 2.45. The summed E-state index contributed by atoms with van der Waals surface area (Å²) >= 11 is 6.65. The van der Waals surface area contributed by atoms with Crippen molar-refractivity contribution in [3.8, 4) is 33.9 Å². The Balaban J connectivity index is 0.000000566. The Hall–Kier alpha value is -4.89. The molecule has 16 heteroatoms. The Morgan fingerprint density at radius 2 is 1.75 bits per heavy atom. The number of carboxylic acid groups (broad SMARTS) is 1. The smallest absolute Gasteiger partial charge is 0.490 e. The minimum atomic E-state index is -5.08. The van der Waals surface area contributed by atoms with Gasteiger partial charge >= 0.3 is 12.1 Å². The second kappa shape index (κ2) is 12.8. The topological polar surface area (TPSA) is 141 Å². The zero-order chi connectivity index (χ0) is 32.2. The summed E-state index contributed by atoms with van der Waals surface area (Å²) in [5, 5.41) is 12.3. The monoisotopic (exact) mass is 653 g/mol. The minimum absolute atomic E-state index is 0.00682. The second-order valence-electron chi connectivity index (χ2n) is 8.73. The van der Waals surface area contributed by atoms with Gasteiger partial charge in [0.15, 0.2) is 5.82 Å². The van der Waals surface area contributed by atoms with Crippen LogP contribution < -0.4 is 14.2 Å². The third kappa shape index (κ3) is 7.01. The van der Waals surface area contributed by atoms with Gasteiger partial charge in [-0.2, -0.15) is 13.2 Å². The van der Waals surface area contributed by atoms with Crippen LogP contribution in [0.25, 0.3) is 33.0 Å². The molecule has 230 valence electrons. The zero-order valence-corrected chi connectivity index (χ0v) is 24.1. The van der Waals surface area contributed by atoms with Crippen molar-refractivity contribution in [1.82, 2.24) is 10.1 Å². The number of halogens is 5. The Kier molecular flexibility index (Phi) is 9.30. The molecule has 0 spiro atoms. The molecule has 3 aromatic carbocycles. The van der Waals surface area contributed by atoms with Crippen molar-refractivity contribution in [1.29, 1.82) is 0 Å². The molecule has 0 amide bonds. The molecule has 2 aromatic heterocycles. The van der Waals surface area contributed by atoms with E-state index in [2.05, 4.69) is 19.4 Å². The van der Waals surface area contributed by atoms with E-state index in [1.807, 2.05) is 0 Å². The summed E-state index contributed by atoms with van der Waals surface area (Å²) in [4.78, 5) is 13.3. The number of pyridine rings is 1. The number of fused-ring (bicyclic) bond motifs is 1. The molecule has 0 aliphatic heterocycles. The van der Waals surface area contributed by atoms with Crippen LogP contribution in [0.4, 0.5) is 23.4 Å². The van der Waals surface area contributed by atoms with Crippen LogP contribution in [-0.4, -0.2) is 50.0 Å². The van der Waals surface area contributed by atoms with E-state index in [-0.39, 0.29) is 22.4 Å². The number of rotatable bonds is 7. The summed E-state index contributed by atoms with van der Waals surface area (Å²) in [7, 11) is -0.948. The van der Waals surface area contributed by atoms with E-state index in [0.717, 1.165) is 0 Å². The summed E-state index contributed by atoms with van der Waals surface area (Å²) in [6.45, 7) is 0. The molecule has 2 heterocycles. The molecule has 0 bridgehead atoms. The SMILES string of the molecule is COc1cc(-c2cccc(F)c2)c(Cl)cc1-c1c(OC)ncc2cc(S(=O)(=O)Nc3ccon3)ccc12.O=C(O)C(F)(F)F. The van der Waals surface area contributed by atoms with Crippen molar-refractivity contribution in [2.45, 2.75) is 11.1 Å². The third-order valence-electron chi connectivity index (χ3n) is 5.94. The third-order valence-corrected chi connectivity index (χ3v) is 7.61. The van der Waals surface area contributed by atoms with Crippen LogP contribution in [0.1, 0.15) is 0 Å². The number of carbonyl (C=O) groups is 1. The average molecular weight is 654 g/mol. The Morgan fingerprint density at radius 1 is 1.02 bits per heavy atom. The molecule has 0 saturated carbocycles. The largest absolute Gasteiger partial charge is 0.496 e. The standard InChI is InChI=1S/C26H19ClFN3O5S.C2HF3O2/c1-34-23-13-20(15-4-3-5-17(28)10-15)22(27)12-21(23)25-19-7-6-18(11-16(19)14-29-26(25)35-2)37(32,33)31-24-8-9-36-30-24;3-2(4,5)1(6)7/h3-14H,1-2H3,(H,30,31);(H,6,7). The van der Waals surface area contributed by atoms with E-state index >= 15 is 0 Å². The van der Waals surface area contributed by atoms with Crippen LogP contribution in [0.15, 0.2) is 82.5 Å². The fourth-order valence-electron chi connectivity index (χ4n) is 4.02. The van der Waals surface area contributed by atoms with Crippen molar-refractivity contribution < 1.29 is 49.9 Å². The molecule has 0 aliphatic rings. The van der Waals surface area contributed by atoms with Crippen molar-refractivity contribution in [2.24, 2.45) is 0 Å². The highest BCUT2D eigenvalue weighted by atomic mass is 35.5. The lowest BCUT2D eigenvalue weighted by atomic mass is 9.96. The lowest BCUT2D eigenvalue weighted by Gasteiger charge is -2.17. The average Bonchev–Trinajstić information content (AvgIpc) is 3.48. The fraction of sp³-hybridized carbons (Fsp3) is 0.107. The van der Waals surface area contributed by atoms with Crippen molar-refractivity contribution in [3.63, 3.8) is 0 Å². The highest BCUT2D eigenvalue weighted by molar-refractivity contribution is 7.92. The molecule has 0 radical (unpaired) electrons. The van der Waals surface area contributed by atoms with Gasteiger partial charge in [0.05, 0.1) is 24.7 Å². The van der Waals surface area contributed by atoms with Gasteiger partial charge in [-0.1, -0.05) is 35.0 Å². The molecule has 0 saturated heterocycles. The van der Waals surface area contributed by atoms with Crippen LogP contribution in [0.2, 0.25) is 5.02 Å². The minimum Gasteiger partial charge on any atom is -0.496 e. The molecule has 10 nitrogen and oxygen atoms in total. The van der Waals surface area contributed by atoms with Crippen molar-refractivity contribution >= 4 is 44.2 Å². The first-order valence-electron chi connectivity index (χ1n) is 12.1. The number of alkyl halides is 3. The Morgan fingerprint density at radius 3 is 2.34 bits per heavy atom. The number of aliphatic carboxylic acids is 1. The van der Waals surface area contributed by atoms with Gasteiger partial charge in [-0.25, -0.2) is 22.6 Å².